The standard InChI is InChI=1S/C9H9N5O3/c10-12-9(16)7-3-6(17-13-7)4-14-5-11-2-1-8(14)15/h1-3,5H,4,10H2,(H,12,16). The molecule has 8 nitrogen and oxygen atoms in total. The summed E-state index contributed by atoms with van der Waals surface area (Å²) in [6.45, 7) is 0.150. The van der Waals surface area contributed by atoms with Crippen LogP contribution in [0.2, 0.25) is 0 Å². The number of rotatable bonds is 3. The highest BCUT2D eigenvalue weighted by atomic mass is 16.5. The van der Waals surface area contributed by atoms with Crippen molar-refractivity contribution in [3.63, 3.8) is 0 Å². The molecule has 0 radical (unpaired) electrons. The molecule has 0 spiro atoms. The number of aromatic nitrogens is 3. The van der Waals surface area contributed by atoms with Gasteiger partial charge >= 0.3 is 0 Å². The van der Waals surface area contributed by atoms with E-state index in [9.17, 15) is 9.59 Å². The van der Waals surface area contributed by atoms with Crippen molar-refractivity contribution >= 4 is 5.91 Å². The number of nitrogens with zero attached hydrogens (tertiary/aromatic N) is 3. The Labute approximate surface area is 95.0 Å². The van der Waals surface area contributed by atoms with Gasteiger partial charge in [0.1, 0.15) is 0 Å². The average molecular weight is 235 g/mol. The SMILES string of the molecule is NNC(=O)c1cc(Cn2cnccc2=O)on1. The quantitative estimate of drug-likeness (QED) is 0.395. The number of hydrogen-bond donors (Lipinski definition) is 2. The minimum Gasteiger partial charge on any atom is -0.359 e. The van der Waals surface area contributed by atoms with Gasteiger partial charge in [0.25, 0.3) is 11.5 Å². The van der Waals surface area contributed by atoms with Crippen molar-refractivity contribution in [3.8, 4) is 0 Å². The molecule has 0 saturated carbocycles. The number of carbonyl (C=O) groups excluding carboxylic acids is 1. The maximum Gasteiger partial charge on any atom is 0.287 e. The Morgan fingerprint density at radius 2 is 2.41 bits per heavy atom. The zero-order chi connectivity index (χ0) is 12.3. The van der Waals surface area contributed by atoms with Crippen LogP contribution in [-0.4, -0.2) is 20.6 Å². The van der Waals surface area contributed by atoms with Gasteiger partial charge in [-0.2, -0.15) is 0 Å². The Bertz CT molecular complexity index is 588. The van der Waals surface area contributed by atoms with Crippen LogP contribution < -0.4 is 16.8 Å². The van der Waals surface area contributed by atoms with Crippen molar-refractivity contribution in [1.29, 1.82) is 0 Å². The molecule has 0 unspecified atom stereocenters. The van der Waals surface area contributed by atoms with Gasteiger partial charge in [0.15, 0.2) is 11.5 Å². The smallest absolute Gasteiger partial charge is 0.287 e. The summed E-state index contributed by atoms with van der Waals surface area (Å²) in [5.74, 6) is 4.75. The van der Waals surface area contributed by atoms with E-state index in [-0.39, 0.29) is 17.8 Å². The Morgan fingerprint density at radius 1 is 1.59 bits per heavy atom. The monoisotopic (exact) mass is 235 g/mol. The van der Waals surface area contributed by atoms with Crippen LogP contribution >= 0.6 is 0 Å². The molecule has 0 aliphatic heterocycles. The number of hydrogen-bond acceptors (Lipinski definition) is 6. The fourth-order valence-electron chi connectivity index (χ4n) is 1.23. The first-order valence-electron chi connectivity index (χ1n) is 4.67. The van der Waals surface area contributed by atoms with E-state index >= 15 is 0 Å². The predicted octanol–water partition coefficient (Wildman–Crippen LogP) is -1.12. The molecule has 2 heterocycles. The zero-order valence-corrected chi connectivity index (χ0v) is 8.66. The molecule has 3 N–H and O–H groups in total. The van der Waals surface area contributed by atoms with Crippen molar-refractivity contribution in [2.75, 3.05) is 0 Å². The third-order valence-electron chi connectivity index (χ3n) is 2.04. The van der Waals surface area contributed by atoms with E-state index in [1.165, 1.54) is 29.2 Å². The Kier molecular flexibility index (Phi) is 2.97. The maximum absolute atomic E-state index is 11.4. The van der Waals surface area contributed by atoms with Crippen LogP contribution in [0.15, 0.2) is 34.0 Å². The summed E-state index contributed by atoms with van der Waals surface area (Å²) in [6.07, 6.45) is 2.76. The van der Waals surface area contributed by atoms with Gasteiger partial charge < -0.3 is 4.52 Å². The second-order valence-corrected chi connectivity index (χ2v) is 3.20. The molecule has 0 aliphatic carbocycles. The van der Waals surface area contributed by atoms with E-state index in [4.69, 9.17) is 10.4 Å². The molecule has 2 rings (SSSR count). The largest absolute Gasteiger partial charge is 0.359 e. The van der Waals surface area contributed by atoms with Crippen LogP contribution in [0.25, 0.3) is 0 Å². The first kappa shape index (κ1) is 11.0. The van der Waals surface area contributed by atoms with Crippen LogP contribution in [0.3, 0.4) is 0 Å². The Morgan fingerprint density at radius 3 is 3.12 bits per heavy atom. The fraction of sp³-hybridized carbons (Fsp3) is 0.111. The number of hydrazine groups is 1. The van der Waals surface area contributed by atoms with Crippen molar-refractivity contribution < 1.29 is 9.32 Å². The number of amides is 1. The van der Waals surface area contributed by atoms with Gasteiger partial charge in [0, 0.05) is 18.3 Å². The summed E-state index contributed by atoms with van der Waals surface area (Å²) in [5, 5.41) is 3.51. The van der Waals surface area contributed by atoms with Gasteiger partial charge in [-0.05, 0) is 0 Å². The Balaban J connectivity index is 2.20. The molecular weight excluding hydrogens is 226 g/mol. The highest BCUT2D eigenvalue weighted by molar-refractivity contribution is 5.91. The van der Waals surface area contributed by atoms with Gasteiger partial charge in [0.2, 0.25) is 0 Å². The number of nitrogens with one attached hydrogen (secondary N) is 1. The molecule has 0 atom stereocenters. The lowest BCUT2D eigenvalue weighted by Crippen LogP contribution is -2.30. The summed E-state index contributed by atoms with van der Waals surface area (Å²) in [6, 6.07) is 2.73. The minimum atomic E-state index is -0.557. The fourth-order valence-corrected chi connectivity index (χ4v) is 1.23. The molecule has 0 aliphatic rings. The topological polar surface area (TPSA) is 116 Å². The van der Waals surface area contributed by atoms with E-state index in [1.807, 2.05) is 5.43 Å². The molecule has 1 amide bonds. The van der Waals surface area contributed by atoms with Gasteiger partial charge in [-0.15, -0.1) is 0 Å². The minimum absolute atomic E-state index is 0.0550. The summed E-state index contributed by atoms with van der Waals surface area (Å²) >= 11 is 0. The van der Waals surface area contributed by atoms with E-state index in [0.29, 0.717) is 5.76 Å². The first-order chi connectivity index (χ1) is 8.20. The van der Waals surface area contributed by atoms with Gasteiger partial charge in [0.05, 0.1) is 12.9 Å². The van der Waals surface area contributed by atoms with E-state index in [1.54, 1.807) is 0 Å². The third-order valence-corrected chi connectivity index (χ3v) is 2.04. The number of nitrogens with two attached hydrogens (primary N) is 1. The second-order valence-electron chi connectivity index (χ2n) is 3.20. The third kappa shape index (κ3) is 2.37. The van der Waals surface area contributed by atoms with Crippen molar-refractivity contribution in [3.05, 3.63) is 46.5 Å². The molecular formula is C9H9N5O3. The highest BCUT2D eigenvalue weighted by Gasteiger charge is 2.11. The summed E-state index contributed by atoms with van der Waals surface area (Å²) in [7, 11) is 0. The Hall–Kier alpha value is -2.48. The molecule has 8 heteroatoms. The van der Waals surface area contributed by atoms with Gasteiger partial charge in [-0.25, -0.2) is 10.8 Å². The zero-order valence-electron chi connectivity index (χ0n) is 8.66. The van der Waals surface area contributed by atoms with Crippen LogP contribution in [0.1, 0.15) is 16.2 Å². The molecule has 2 aromatic rings. The normalized spacial score (nSPS) is 10.2. The van der Waals surface area contributed by atoms with Crippen LogP contribution in [0.5, 0.6) is 0 Å². The van der Waals surface area contributed by atoms with E-state index in [2.05, 4.69) is 10.1 Å². The molecule has 17 heavy (non-hydrogen) atoms. The number of nitrogen functional groups attached to an aromatic ring is 1. The lowest BCUT2D eigenvalue weighted by atomic mass is 10.3. The molecule has 0 bridgehead atoms. The molecule has 2 aromatic heterocycles. The van der Waals surface area contributed by atoms with Crippen LogP contribution in [-0.2, 0) is 6.54 Å². The predicted molar refractivity (Wildman–Crippen MR) is 55.8 cm³/mol. The lowest BCUT2D eigenvalue weighted by molar-refractivity contribution is 0.0944. The molecule has 88 valence electrons. The van der Waals surface area contributed by atoms with Gasteiger partial charge in [-0.1, -0.05) is 5.16 Å². The van der Waals surface area contributed by atoms with Crippen LogP contribution in [0.4, 0.5) is 0 Å². The molecule has 0 aromatic carbocycles. The number of carbonyl (C=O) groups is 1. The summed E-state index contributed by atoms with van der Waals surface area (Å²) in [5.41, 5.74) is 1.76. The highest BCUT2D eigenvalue weighted by Crippen LogP contribution is 2.04. The molecule has 0 saturated heterocycles. The van der Waals surface area contributed by atoms with E-state index < -0.39 is 5.91 Å². The first-order valence-corrected chi connectivity index (χ1v) is 4.67. The van der Waals surface area contributed by atoms with E-state index in [0.717, 1.165) is 0 Å². The molecule has 0 fully saturated rings. The van der Waals surface area contributed by atoms with Crippen molar-refractivity contribution in [2.24, 2.45) is 5.84 Å². The summed E-state index contributed by atoms with van der Waals surface area (Å²) < 4.78 is 6.22. The average Bonchev–Trinajstić information content (AvgIpc) is 2.80. The summed E-state index contributed by atoms with van der Waals surface area (Å²) in [4.78, 5) is 26.3. The van der Waals surface area contributed by atoms with Crippen molar-refractivity contribution in [1.82, 2.24) is 20.1 Å². The van der Waals surface area contributed by atoms with Crippen LogP contribution in [0, 0.1) is 0 Å². The van der Waals surface area contributed by atoms with Gasteiger partial charge in [-0.3, -0.25) is 19.6 Å². The second kappa shape index (κ2) is 4.58. The maximum atomic E-state index is 11.4. The lowest BCUT2D eigenvalue weighted by Gasteiger charge is -1.98. The van der Waals surface area contributed by atoms with Crippen molar-refractivity contribution in [2.45, 2.75) is 6.54 Å².